The van der Waals surface area contributed by atoms with Crippen LogP contribution < -0.4 is 5.32 Å². The van der Waals surface area contributed by atoms with Gasteiger partial charge in [0.25, 0.3) is 0 Å². The smallest absolute Gasteiger partial charge is 0.0794 e. The summed E-state index contributed by atoms with van der Waals surface area (Å²) >= 11 is 13.5. The van der Waals surface area contributed by atoms with Crippen molar-refractivity contribution >= 4 is 40.2 Å². The van der Waals surface area contributed by atoms with E-state index in [9.17, 15) is 0 Å². The summed E-state index contributed by atoms with van der Waals surface area (Å²) in [6.45, 7) is 0.713. The third-order valence-corrected chi connectivity index (χ3v) is 3.21. The molecule has 1 aromatic carbocycles. The first-order chi connectivity index (χ1) is 7.25. The second-order valence-corrected chi connectivity index (χ2v) is 4.76. The van der Waals surface area contributed by atoms with Crippen LogP contribution in [0.25, 0.3) is 0 Å². The lowest BCUT2D eigenvalue weighted by Gasteiger charge is -2.06. The van der Waals surface area contributed by atoms with Crippen molar-refractivity contribution in [2.24, 2.45) is 0 Å². The molecule has 0 amide bonds. The number of hydrogen-bond acceptors (Lipinski definition) is 3. The zero-order valence-electron chi connectivity index (χ0n) is 7.71. The van der Waals surface area contributed by atoms with Crippen LogP contribution >= 0.6 is 34.5 Å². The van der Waals surface area contributed by atoms with Gasteiger partial charge in [-0.15, -0.1) is 11.3 Å². The number of benzene rings is 1. The average molecular weight is 259 g/mol. The Morgan fingerprint density at radius 1 is 1.33 bits per heavy atom. The maximum absolute atomic E-state index is 6.00. The Hall–Kier alpha value is -0.770. The van der Waals surface area contributed by atoms with Gasteiger partial charge >= 0.3 is 0 Å². The quantitative estimate of drug-likeness (QED) is 0.898. The molecule has 78 valence electrons. The highest BCUT2D eigenvalue weighted by molar-refractivity contribution is 7.09. The first-order valence-electron chi connectivity index (χ1n) is 4.32. The molecule has 15 heavy (non-hydrogen) atoms. The van der Waals surface area contributed by atoms with Crippen molar-refractivity contribution < 1.29 is 0 Å². The highest BCUT2D eigenvalue weighted by Crippen LogP contribution is 2.26. The maximum Gasteiger partial charge on any atom is 0.0794 e. The van der Waals surface area contributed by atoms with E-state index in [0.29, 0.717) is 16.6 Å². The van der Waals surface area contributed by atoms with Gasteiger partial charge in [-0.25, -0.2) is 0 Å². The summed E-state index contributed by atoms with van der Waals surface area (Å²) in [7, 11) is 0. The number of anilines is 1. The van der Waals surface area contributed by atoms with E-state index in [1.165, 1.54) is 0 Å². The minimum Gasteiger partial charge on any atom is -0.379 e. The molecule has 1 N–H and O–H groups in total. The standard InChI is InChI=1S/C10H8Cl2N2S/c11-7-1-2-9(12)10(3-7)14-5-8-4-13-6-15-8/h1-4,6,14H,5H2. The molecule has 0 aliphatic rings. The Morgan fingerprint density at radius 3 is 2.93 bits per heavy atom. The summed E-state index contributed by atoms with van der Waals surface area (Å²) in [5.74, 6) is 0. The molecule has 5 heteroatoms. The Labute approximate surface area is 102 Å². The molecule has 2 rings (SSSR count). The molecule has 0 saturated heterocycles. The van der Waals surface area contributed by atoms with E-state index in [1.807, 2.05) is 12.3 Å². The van der Waals surface area contributed by atoms with E-state index in [0.717, 1.165) is 10.6 Å². The third-order valence-electron chi connectivity index (χ3n) is 1.86. The van der Waals surface area contributed by atoms with Crippen molar-refractivity contribution in [2.75, 3.05) is 5.32 Å². The molecule has 0 atom stereocenters. The number of nitrogens with one attached hydrogen (secondary N) is 1. The van der Waals surface area contributed by atoms with Crippen LogP contribution in [0.15, 0.2) is 29.9 Å². The van der Waals surface area contributed by atoms with Crippen LogP contribution in [0.4, 0.5) is 5.69 Å². The molecular formula is C10H8Cl2N2S. The van der Waals surface area contributed by atoms with Crippen LogP contribution in [-0.2, 0) is 6.54 Å². The molecular weight excluding hydrogens is 251 g/mol. The van der Waals surface area contributed by atoms with Gasteiger partial charge < -0.3 is 5.32 Å². The second kappa shape index (κ2) is 4.84. The molecule has 1 aromatic heterocycles. The fraction of sp³-hybridized carbons (Fsp3) is 0.100. The van der Waals surface area contributed by atoms with E-state index in [2.05, 4.69) is 10.3 Å². The summed E-state index contributed by atoms with van der Waals surface area (Å²) in [6, 6.07) is 5.35. The lowest BCUT2D eigenvalue weighted by Crippen LogP contribution is -1.97. The van der Waals surface area contributed by atoms with Gasteiger partial charge in [-0.05, 0) is 18.2 Å². The first-order valence-corrected chi connectivity index (χ1v) is 5.95. The largest absolute Gasteiger partial charge is 0.379 e. The molecule has 0 radical (unpaired) electrons. The second-order valence-electron chi connectivity index (χ2n) is 2.95. The maximum atomic E-state index is 6.00. The Kier molecular flexibility index (Phi) is 3.46. The van der Waals surface area contributed by atoms with Crippen molar-refractivity contribution in [3.8, 4) is 0 Å². The van der Waals surface area contributed by atoms with Crippen LogP contribution in [0.1, 0.15) is 4.88 Å². The molecule has 0 aliphatic carbocycles. The lowest BCUT2D eigenvalue weighted by atomic mass is 10.3. The van der Waals surface area contributed by atoms with Crippen molar-refractivity contribution in [3.05, 3.63) is 44.8 Å². The molecule has 0 bridgehead atoms. The zero-order chi connectivity index (χ0) is 10.7. The highest BCUT2D eigenvalue weighted by Gasteiger charge is 2.01. The van der Waals surface area contributed by atoms with Gasteiger partial charge in [-0.2, -0.15) is 0 Å². The first kappa shape index (κ1) is 10.7. The average Bonchev–Trinajstić information content (AvgIpc) is 2.72. The number of aromatic nitrogens is 1. The monoisotopic (exact) mass is 258 g/mol. The van der Waals surface area contributed by atoms with Gasteiger partial charge in [0.2, 0.25) is 0 Å². The highest BCUT2D eigenvalue weighted by atomic mass is 35.5. The molecule has 2 nitrogen and oxygen atoms in total. The molecule has 0 fully saturated rings. The minimum atomic E-state index is 0.670. The molecule has 0 spiro atoms. The summed E-state index contributed by atoms with van der Waals surface area (Å²) in [6.07, 6.45) is 1.83. The zero-order valence-corrected chi connectivity index (χ0v) is 10.0. The van der Waals surface area contributed by atoms with Crippen LogP contribution in [0, 0.1) is 0 Å². The normalized spacial score (nSPS) is 10.3. The van der Waals surface area contributed by atoms with Crippen molar-refractivity contribution in [1.82, 2.24) is 4.98 Å². The van der Waals surface area contributed by atoms with Gasteiger partial charge in [0.1, 0.15) is 0 Å². The van der Waals surface area contributed by atoms with Crippen molar-refractivity contribution in [3.63, 3.8) is 0 Å². The van der Waals surface area contributed by atoms with Gasteiger partial charge in [0.15, 0.2) is 0 Å². The summed E-state index contributed by atoms with van der Waals surface area (Å²) in [4.78, 5) is 5.15. The van der Waals surface area contributed by atoms with Gasteiger partial charge in [0, 0.05) is 16.1 Å². The lowest BCUT2D eigenvalue weighted by molar-refractivity contribution is 1.17. The fourth-order valence-corrected chi connectivity index (χ4v) is 2.04. The minimum absolute atomic E-state index is 0.670. The van der Waals surface area contributed by atoms with Gasteiger partial charge in [-0.3, -0.25) is 4.98 Å². The van der Waals surface area contributed by atoms with Crippen LogP contribution in [-0.4, -0.2) is 4.98 Å². The van der Waals surface area contributed by atoms with Crippen molar-refractivity contribution in [1.29, 1.82) is 0 Å². The Balaban J connectivity index is 2.07. The van der Waals surface area contributed by atoms with Gasteiger partial charge in [0.05, 0.1) is 22.8 Å². The van der Waals surface area contributed by atoms with E-state index in [-0.39, 0.29) is 0 Å². The fourth-order valence-electron chi connectivity index (χ4n) is 1.14. The summed E-state index contributed by atoms with van der Waals surface area (Å²) in [5.41, 5.74) is 2.65. The summed E-state index contributed by atoms with van der Waals surface area (Å²) < 4.78 is 0. The SMILES string of the molecule is Clc1ccc(Cl)c(NCc2cncs2)c1. The molecule has 1 heterocycles. The molecule has 0 aliphatic heterocycles. The molecule has 0 saturated carbocycles. The van der Waals surface area contributed by atoms with E-state index in [4.69, 9.17) is 23.2 Å². The Morgan fingerprint density at radius 2 is 2.20 bits per heavy atom. The Bertz CT molecular complexity index is 443. The number of hydrogen-bond donors (Lipinski definition) is 1. The van der Waals surface area contributed by atoms with Crippen LogP contribution in [0.2, 0.25) is 10.0 Å². The van der Waals surface area contributed by atoms with Crippen LogP contribution in [0.5, 0.6) is 0 Å². The predicted molar refractivity (Wildman–Crippen MR) is 65.9 cm³/mol. The number of rotatable bonds is 3. The summed E-state index contributed by atoms with van der Waals surface area (Å²) in [5, 5.41) is 4.55. The number of thiazole rings is 1. The molecule has 0 unspecified atom stereocenters. The van der Waals surface area contributed by atoms with Gasteiger partial charge in [-0.1, -0.05) is 23.2 Å². The third kappa shape index (κ3) is 2.84. The van der Waals surface area contributed by atoms with Crippen LogP contribution in [0.3, 0.4) is 0 Å². The number of nitrogens with zero attached hydrogens (tertiary/aromatic N) is 1. The topological polar surface area (TPSA) is 24.9 Å². The molecule has 2 aromatic rings. The van der Waals surface area contributed by atoms with Crippen molar-refractivity contribution in [2.45, 2.75) is 6.54 Å². The van der Waals surface area contributed by atoms with E-state index in [1.54, 1.807) is 29.0 Å². The van der Waals surface area contributed by atoms with E-state index >= 15 is 0 Å². The predicted octanol–water partition coefficient (Wildman–Crippen LogP) is 4.06. The van der Waals surface area contributed by atoms with E-state index < -0.39 is 0 Å². The number of halogens is 2.